The number of hydrogen-bond acceptors (Lipinski definition) is 3. The second-order valence-corrected chi connectivity index (χ2v) is 7.70. The van der Waals surface area contributed by atoms with Crippen LogP contribution in [0.5, 0.6) is 0 Å². The van der Waals surface area contributed by atoms with E-state index in [1.165, 1.54) is 5.56 Å². The summed E-state index contributed by atoms with van der Waals surface area (Å²) in [5.41, 5.74) is 4.01. The van der Waals surface area contributed by atoms with Gasteiger partial charge in [0.25, 0.3) is 5.91 Å². The van der Waals surface area contributed by atoms with Gasteiger partial charge in [0.1, 0.15) is 0 Å². The van der Waals surface area contributed by atoms with E-state index in [9.17, 15) is 9.90 Å². The number of hydrogen-bond donors (Lipinski definition) is 1. The lowest BCUT2D eigenvalue weighted by Gasteiger charge is -2.25. The minimum Gasteiger partial charge on any atom is -0.389 e. The Balaban J connectivity index is 2.00. The molecule has 25 heavy (non-hydrogen) atoms. The number of carbonyl (C=O) groups excluding carboxylic acids is 1. The summed E-state index contributed by atoms with van der Waals surface area (Å²) >= 11 is 0. The van der Waals surface area contributed by atoms with Crippen LogP contribution in [0.2, 0.25) is 0 Å². The Morgan fingerprint density at radius 2 is 1.88 bits per heavy atom. The maximum absolute atomic E-state index is 12.9. The van der Waals surface area contributed by atoms with Crippen molar-refractivity contribution in [3.05, 3.63) is 46.8 Å². The lowest BCUT2D eigenvalue weighted by atomic mass is 9.95. The van der Waals surface area contributed by atoms with Crippen LogP contribution in [-0.4, -0.2) is 44.9 Å². The van der Waals surface area contributed by atoms with Crippen molar-refractivity contribution in [1.82, 2.24) is 14.7 Å². The summed E-state index contributed by atoms with van der Waals surface area (Å²) in [6.45, 7) is 5.75. The molecule has 1 amide bonds. The maximum Gasteiger partial charge on any atom is 0.274 e. The SMILES string of the molecule is Cc1ccc(-n2nc(C(=O)N(C)CC(C)(C)O)c3c2CCCC3)cc1. The molecule has 0 spiro atoms. The largest absolute Gasteiger partial charge is 0.389 e. The summed E-state index contributed by atoms with van der Waals surface area (Å²) in [6, 6.07) is 8.22. The molecule has 0 bridgehead atoms. The van der Waals surface area contributed by atoms with Crippen molar-refractivity contribution in [2.75, 3.05) is 13.6 Å². The number of aromatic nitrogens is 2. The molecule has 1 aliphatic rings. The van der Waals surface area contributed by atoms with E-state index in [0.29, 0.717) is 5.69 Å². The standard InChI is InChI=1S/C20H27N3O2/c1-14-9-11-15(12-10-14)23-17-8-6-5-7-16(17)18(21-23)19(24)22(4)13-20(2,3)25/h9-12,25H,5-8,13H2,1-4H3. The van der Waals surface area contributed by atoms with Crippen molar-refractivity contribution in [2.45, 2.75) is 52.1 Å². The van der Waals surface area contributed by atoms with Crippen molar-refractivity contribution < 1.29 is 9.90 Å². The average molecular weight is 341 g/mol. The minimum atomic E-state index is -0.927. The van der Waals surface area contributed by atoms with Crippen LogP contribution < -0.4 is 0 Å². The number of carbonyl (C=O) groups is 1. The third kappa shape index (κ3) is 3.76. The molecule has 0 saturated carbocycles. The zero-order chi connectivity index (χ0) is 18.2. The highest BCUT2D eigenvalue weighted by Gasteiger charge is 2.29. The molecule has 1 aliphatic carbocycles. The smallest absolute Gasteiger partial charge is 0.274 e. The highest BCUT2D eigenvalue weighted by molar-refractivity contribution is 5.94. The summed E-state index contributed by atoms with van der Waals surface area (Å²) in [5, 5.41) is 14.7. The molecular weight excluding hydrogens is 314 g/mol. The van der Waals surface area contributed by atoms with Gasteiger partial charge in [-0.05, 0) is 58.6 Å². The van der Waals surface area contributed by atoms with E-state index in [2.05, 4.69) is 24.2 Å². The summed E-state index contributed by atoms with van der Waals surface area (Å²) in [7, 11) is 1.72. The Morgan fingerprint density at radius 3 is 2.52 bits per heavy atom. The first-order valence-corrected chi connectivity index (χ1v) is 8.92. The molecule has 1 aromatic carbocycles. The molecule has 2 aromatic rings. The highest BCUT2D eigenvalue weighted by Crippen LogP contribution is 2.28. The molecule has 0 radical (unpaired) electrons. The third-order valence-electron chi connectivity index (χ3n) is 4.63. The Bertz CT molecular complexity index is 769. The lowest BCUT2D eigenvalue weighted by Crippen LogP contribution is -2.40. The number of rotatable bonds is 4. The highest BCUT2D eigenvalue weighted by atomic mass is 16.3. The number of aliphatic hydroxyl groups is 1. The summed E-state index contributed by atoms with van der Waals surface area (Å²) < 4.78 is 1.93. The van der Waals surface area contributed by atoms with Gasteiger partial charge in [-0.3, -0.25) is 4.79 Å². The first kappa shape index (κ1) is 17.7. The molecule has 0 saturated heterocycles. The number of fused-ring (bicyclic) bond motifs is 1. The van der Waals surface area contributed by atoms with Gasteiger partial charge < -0.3 is 10.0 Å². The molecule has 1 heterocycles. The fourth-order valence-corrected chi connectivity index (χ4v) is 3.50. The van der Waals surface area contributed by atoms with Gasteiger partial charge in [0.15, 0.2) is 5.69 Å². The predicted molar refractivity (Wildman–Crippen MR) is 98.2 cm³/mol. The Morgan fingerprint density at radius 1 is 1.24 bits per heavy atom. The first-order chi connectivity index (χ1) is 11.8. The van der Waals surface area contributed by atoms with Gasteiger partial charge in [0.05, 0.1) is 11.3 Å². The Kier molecular flexibility index (Phi) is 4.69. The van der Waals surface area contributed by atoms with Crippen LogP contribution >= 0.6 is 0 Å². The van der Waals surface area contributed by atoms with E-state index >= 15 is 0 Å². The Labute approximate surface area is 149 Å². The fourth-order valence-electron chi connectivity index (χ4n) is 3.50. The number of benzene rings is 1. The maximum atomic E-state index is 12.9. The number of likely N-dealkylation sites (N-methyl/N-ethyl adjacent to an activating group) is 1. The van der Waals surface area contributed by atoms with Gasteiger partial charge in [-0.15, -0.1) is 0 Å². The van der Waals surface area contributed by atoms with E-state index < -0.39 is 5.60 Å². The van der Waals surface area contributed by atoms with Crippen LogP contribution in [0.4, 0.5) is 0 Å². The molecule has 5 heteroatoms. The molecule has 0 fully saturated rings. The molecular formula is C20H27N3O2. The van der Waals surface area contributed by atoms with Gasteiger partial charge in [0.2, 0.25) is 0 Å². The van der Waals surface area contributed by atoms with E-state index in [0.717, 1.165) is 42.6 Å². The predicted octanol–water partition coefficient (Wildman–Crippen LogP) is 2.90. The molecule has 0 aliphatic heterocycles. The monoisotopic (exact) mass is 341 g/mol. The first-order valence-electron chi connectivity index (χ1n) is 8.92. The lowest BCUT2D eigenvalue weighted by molar-refractivity contribution is 0.0364. The second kappa shape index (κ2) is 6.64. The van der Waals surface area contributed by atoms with Crippen LogP contribution in [0, 0.1) is 6.92 Å². The van der Waals surface area contributed by atoms with Crippen molar-refractivity contribution in [2.24, 2.45) is 0 Å². The average Bonchev–Trinajstić information content (AvgIpc) is 2.93. The van der Waals surface area contributed by atoms with Crippen molar-refractivity contribution in [3.63, 3.8) is 0 Å². The van der Waals surface area contributed by atoms with Gasteiger partial charge >= 0.3 is 0 Å². The van der Waals surface area contributed by atoms with E-state index in [1.807, 2.05) is 16.8 Å². The second-order valence-electron chi connectivity index (χ2n) is 7.70. The van der Waals surface area contributed by atoms with Gasteiger partial charge in [-0.1, -0.05) is 17.7 Å². The molecule has 0 atom stereocenters. The third-order valence-corrected chi connectivity index (χ3v) is 4.63. The number of nitrogens with zero attached hydrogens (tertiary/aromatic N) is 3. The Hall–Kier alpha value is -2.14. The normalized spacial score (nSPS) is 14.3. The van der Waals surface area contributed by atoms with Crippen molar-refractivity contribution >= 4 is 5.91 Å². The van der Waals surface area contributed by atoms with Crippen molar-refractivity contribution in [1.29, 1.82) is 0 Å². The van der Waals surface area contributed by atoms with E-state index in [4.69, 9.17) is 0 Å². The molecule has 0 unspecified atom stereocenters. The number of amides is 1. The summed E-state index contributed by atoms with van der Waals surface area (Å²) in [4.78, 5) is 14.5. The number of aryl methyl sites for hydroxylation is 1. The van der Waals surface area contributed by atoms with Crippen LogP contribution in [0.25, 0.3) is 5.69 Å². The zero-order valence-electron chi connectivity index (χ0n) is 15.5. The van der Waals surface area contributed by atoms with Crippen LogP contribution in [-0.2, 0) is 12.8 Å². The zero-order valence-corrected chi connectivity index (χ0v) is 15.5. The fraction of sp³-hybridized carbons (Fsp3) is 0.500. The molecule has 1 N–H and O–H groups in total. The van der Waals surface area contributed by atoms with E-state index in [-0.39, 0.29) is 12.5 Å². The van der Waals surface area contributed by atoms with Crippen LogP contribution in [0.15, 0.2) is 24.3 Å². The summed E-state index contributed by atoms with van der Waals surface area (Å²) in [6.07, 6.45) is 4.04. The molecule has 5 nitrogen and oxygen atoms in total. The van der Waals surface area contributed by atoms with Gasteiger partial charge in [-0.25, -0.2) is 4.68 Å². The molecule has 134 valence electrons. The van der Waals surface area contributed by atoms with Crippen LogP contribution in [0.1, 0.15) is 54.0 Å². The van der Waals surface area contributed by atoms with E-state index in [1.54, 1.807) is 25.8 Å². The van der Waals surface area contributed by atoms with Gasteiger partial charge in [0, 0.05) is 24.8 Å². The molecule has 1 aromatic heterocycles. The molecule has 3 rings (SSSR count). The minimum absolute atomic E-state index is 0.119. The topological polar surface area (TPSA) is 58.4 Å². The quantitative estimate of drug-likeness (QED) is 0.930. The van der Waals surface area contributed by atoms with Crippen LogP contribution in [0.3, 0.4) is 0 Å². The summed E-state index contributed by atoms with van der Waals surface area (Å²) in [5.74, 6) is -0.119. The van der Waals surface area contributed by atoms with Gasteiger partial charge in [-0.2, -0.15) is 5.10 Å². The van der Waals surface area contributed by atoms with Crippen molar-refractivity contribution in [3.8, 4) is 5.69 Å².